The smallest absolute Gasteiger partial charge is 0.0553 e. The molecule has 0 spiro atoms. The van der Waals surface area contributed by atoms with Gasteiger partial charge in [-0.25, -0.2) is 0 Å². The second kappa shape index (κ2) is 7.26. The van der Waals surface area contributed by atoms with Crippen LogP contribution in [-0.4, -0.2) is 55.1 Å². The van der Waals surface area contributed by atoms with Gasteiger partial charge < -0.3 is 4.90 Å². The molecule has 2 fully saturated rings. The highest BCUT2D eigenvalue weighted by Crippen LogP contribution is 2.47. The lowest BCUT2D eigenvalue weighted by atomic mass is 9.99. The Hall–Kier alpha value is -1.49. The molecule has 2 saturated heterocycles. The Morgan fingerprint density at radius 2 is 1.54 bits per heavy atom. The van der Waals surface area contributed by atoms with Crippen molar-refractivity contribution < 1.29 is 0 Å². The third kappa shape index (κ3) is 3.15. The van der Waals surface area contributed by atoms with Gasteiger partial charge >= 0.3 is 0 Å². The molecule has 0 bridgehead atoms. The normalized spacial score (nSPS) is 23.2. The van der Waals surface area contributed by atoms with Gasteiger partial charge in [0.05, 0.1) is 11.4 Å². The number of nitrogens with zero attached hydrogens (tertiary/aromatic N) is 3. The van der Waals surface area contributed by atoms with Gasteiger partial charge in [0.2, 0.25) is 0 Å². The summed E-state index contributed by atoms with van der Waals surface area (Å²) >= 11 is 1.90. The van der Waals surface area contributed by atoms with Crippen LogP contribution < -0.4 is 4.90 Å². The number of hydrogen-bond donors (Lipinski definition) is 0. The lowest BCUT2D eigenvalue weighted by Crippen LogP contribution is -2.55. The van der Waals surface area contributed by atoms with E-state index in [0.29, 0.717) is 0 Å². The van der Waals surface area contributed by atoms with Crippen molar-refractivity contribution >= 4 is 23.1 Å². The van der Waals surface area contributed by atoms with Gasteiger partial charge in [0.1, 0.15) is 0 Å². The Balaban J connectivity index is 1.33. The zero-order chi connectivity index (χ0) is 17.3. The van der Waals surface area contributed by atoms with Crippen LogP contribution in [0.15, 0.2) is 58.3 Å². The number of fused-ring (bicyclic) bond motifs is 3. The summed E-state index contributed by atoms with van der Waals surface area (Å²) in [6, 6.07) is 18.5. The van der Waals surface area contributed by atoms with Crippen LogP contribution in [-0.2, 0) is 0 Å². The van der Waals surface area contributed by atoms with Crippen molar-refractivity contribution in [2.45, 2.75) is 35.1 Å². The average molecular weight is 366 g/mol. The molecule has 1 atom stereocenters. The fourth-order valence-electron chi connectivity index (χ4n) is 4.69. The largest absolute Gasteiger partial charge is 0.338 e. The molecule has 4 heteroatoms. The van der Waals surface area contributed by atoms with Crippen LogP contribution in [0.2, 0.25) is 0 Å². The summed E-state index contributed by atoms with van der Waals surface area (Å²) in [5, 5.41) is 0. The second-order valence-corrected chi connectivity index (χ2v) is 8.76. The van der Waals surface area contributed by atoms with Crippen molar-refractivity contribution in [1.29, 1.82) is 0 Å². The average Bonchev–Trinajstić information content (AvgIpc) is 2.71. The molecule has 3 aliphatic rings. The van der Waals surface area contributed by atoms with Gasteiger partial charge in [-0.1, -0.05) is 42.4 Å². The quantitative estimate of drug-likeness (QED) is 0.794. The third-order valence-electron chi connectivity index (χ3n) is 6.09. The SMILES string of the molecule is c1ccc2c(c1)Sc1ccccc1N2CCN1CCN2CCCCC2C1. The first-order chi connectivity index (χ1) is 12.9. The molecule has 0 aliphatic carbocycles. The van der Waals surface area contributed by atoms with Gasteiger partial charge in [0.25, 0.3) is 0 Å². The molecular formula is C22H27N3S. The molecule has 0 radical (unpaired) electrons. The van der Waals surface area contributed by atoms with Crippen molar-refractivity contribution in [2.75, 3.05) is 44.2 Å². The minimum absolute atomic E-state index is 0.800. The van der Waals surface area contributed by atoms with Gasteiger partial charge in [-0.05, 0) is 43.7 Å². The lowest BCUT2D eigenvalue weighted by molar-refractivity contribution is 0.0510. The molecule has 136 valence electrons. The molecule has 0 amide bonds. The highest BCUT2D eigenvalue weighted by molar-refractivity contribution is 7.99. The molecular weight excluding hydrogens is 338 g/mol. The van der Waals surface area contributed by atoms with E-state index in [1.807, 2.05) is 11.8 Å². The second-order valence-electron chi connectivity index (χ2n) is 7.68. The van der Waals surface area contributed by atoms with Crippen molar-refractivity contribution in [1.82, 2.24) is 9.80 Å². The Kier molecular flexibility index (Phi) is 4.65. The van der Waals surface area contributed by atoms with E-state index < -0.39 is 0 Å². The summed E-state index contributed by atoms with van der Waals surface area (Å²) < 4.78 is 0. The molecule has 0 saturated carbocycles. The van der Waals surface area contributed by atoms with E-state index >= 15 is 0 Å². The molecule has 3 aliphatic heterocycles. The van der Waals surface area contributed by atoms with Gasteiger partial charge in [-0.3, -0.25) is 9.80 Å². The molecule has 1 unspecified atom stereocenters. The topological polar surface area (TPSA) is 9.72 Å². The number of para-hydroxylation sites is 2. The number of rotatable bonds is 3. The number of benzene rings is 2. The summed E-state index contributed by atoms with van der Waals surface area (Å²) in [7, 11) is 0. The van der Waals surface area contributed by atoms with Gasteiger partial charge in [0, 0.05) is 48.6 Å². The van der Waals surface area contributed by atoms with E-state index in [2.05, 4.69) is 63.2 Å². The minimum Gasteiger partial charge on any atom is -0.338 e. The zero-order valence-corrected chi connectivity index (χ0v) is 16.1. The molecule has 2 aromatic carbocycles. The maximum absolute atomic E-state index is 2.72. The first-order valence-corrected chi connectivity index (χ1v) is 10.8. The number of piperazine rings is 1. The van der Waals surface area contributed by atoms with Crippen LogP contribution in [0.25, 0.3) is 0 Å². The molecule has 5 rings (SSSR count). The fraction of sp³-hybridized carbons (Fsp3) is 0.455. The Labute approximate surface area is 161 Å². The Morgan fingerprint density at radius 3 is 2.31 bits per heavy atom. The number of hydrogen-bond acceptors (Lipinski definition) is 4. The summed E-state index contributed by atoms with van der Waals surface area (Å²) in [6.07, 6.45) is 4.21. The Bertz CT molecular complexity index is 732. The number of anilines is 2. The van der Waals surface area contributed by atoms with Crippen molar-refractivity contribution in [2.24, 2.45) is 0 Å². The summed E-state index contributed by atoms with van der Waals surface area (Å²) in [5.41, 5.74) is 2.74. The van der Waals surface area contributed by atoms with Crippen LogP contribution in [0.1, 0.15) is 19.3 Å². The van der Waals surface area contributed by atoms with E-state index in [1.165, 1.54) is 66.6 Å². The predicted octanol–water partition coefficient (Wildman–Crippen LogP) is 4.46. The van der Waals surface area contributed by atoms with Crippen LogP contribution in [0.4, 0.5) is 11.4 Å². The van der Waals surface area contributed by atoms with E-state index in [1.54, 1.807) is 0 Å². The third-order valence-corrected chi connectivity index (χ3v) is 7.22. The Morgan fingerprint density at radius 1 is 0.808 bits per heavy atom. The van der Waals surface area contributed by atoms with Gasteiger partial charge in [-0.15, -0.1) is 0 Å². The minimum atomic E-state index is 0.800. The molecule has 26 heavy (non-hydrogen) atoms. The van der Waals surface area contributed by atoms with E-state index in [4.69, 9.17) is 0 Å². The zero-order valence-electron chi connectivity index (χ0n) is 15.3. The molecule has 0 N–H and O–H groups in total. The van der Waals surface area contributed by atoms with Crippen LogP contribution in [0.3, 0.4) is 0 Å². The van der Waals surface area contributed by atoms with Gasteiger partial charge in [0.15, 0.2) is 0 Å². The maximum Gasteiger partial charge on any atom is 0.0553 e. The van der Waals surface area contributed by atoms with Crippen LogP contribution in [0.5, 0.6) is 0 Å². The van der Waals surface area contributed by atoms with E-state index in [9.17, 15) is 0 Å². The first-order valence-electron chi connectivity index (χ1n) is 9.98. The predicted molar refractivity (Wildman–Crippen MR) is 110 cm³/mol. The molecule has 3 heterocycles. The first kappa shape index (κ1) is 16.7. The van der Waals surface area contributed by atoms with Crippen molar-refractivity contribution in [3.05, 3.63) is 48.5 Å². The lowest BCUT2D eigenvalue weighted by Gasteiger charge is -2.44. The monoisotopic (exact) mass is 365 g/mol. The highest BCUT2D eigenvalue weighted by atomic mass is 32.2. The van der Waals surface area contributed by atoms with Gasteiger partial charge in [-0.2, -0.15) is 0 Å². The number of piperidine rings is 1. The van der Waals surface area contributed by atoms with Crippen LogP contribution >= 0.6 is 11.8 Å². The highest BCUT2D eigenvalue weighted by Gasteiger charge is 2.29. The van der Waals surface area contributed by atoms with Crippen molar-refractivity contribution in [3.63, 3.8) is 0 Å². The molecule has 0 aromatic heterocycles. The summed E-state index contributed by atoms with van der Waals surface area (Å²) in [5.74, 6) is 0. The maximum atomic E-state index is 2.72. The van der Waals surface area contributed by atoms with Crippen molar-refractivity contribution in [3.8, 4) is 0 Å². The molecule has 3 nitrogen and oxygen atoms in total. The summed E-state index contributed by atoms with van der Waals surface area (Å²) in [4.78, 5) is 10.7. The van der Waals surface area contributed by atoms with Crippen LogP contribution in [0, 0.1) is 0 Å². The standard InChI is InChI=1S/C22H27N3S/c1-3-10-21-19(8-1)25(20-9-2-4-11-22(20)26-21)16-14-23-13-15-24-12-6-5-7-18(24)17-23/h1-4,8-11,18H,5-7,12-17H2. The molecule has 2 aromatic rings. The summed E-state index contributed by atoms with van der Waals surface area (Å²) in [6.45, 7) is 7.28. The van der Waals surface area contributed by atoms with E-state index in [-0.39, 0.29) is 0 Å². The fourth-order valence-corrected chi connectivity index (χ4v) is 5.78. The van der Waals surface area contributed by atoms with E-state index in [0.717, 1.165) is 19.1 Å².